The summed E-state index contributed by atoms with van der Waals surface area (Å²) < 4.78 is 0. The third kappa shape index (κ3) is 3.39. The van der Waals surface area contributed by atoms with Crippen LogP contribution in [0.5, 0.6) is 0 Å². The van der Waals surface area contributed by atoms with Gasteiger partial charge in [-0.1, -0.05) is 37.2 Å². The fourth-order valence-electron chi connectivity index (χ4n) is 1.61. The average Bonchev–Trinajstić information content (AvgIpc) is 2.25. The third-order valence-electron chi connectivity index (χ3n) is 2.70. The first-order valence-electron chi connectivity index (χ1n) is 5.68. The molecule has 0 aromatic heterocycles. The summed E-state index contributed by atoms with van der Waals surface area (Å²) in [7, 11) is 0. The Morgan fingerprint density at radius 1 is 1.41 bits per heavy atom. The predicted molar refractivity (Wildman–Crippen MR) is 77.5 cm³/mol. The highest BCUT2D eigenvalue weighted by atomic mass is 35.5. The first-order valence-corrected chi connectivity index (χ1v) is 7.04. The quantitative estimate of drug-likeness (QED) is 0.833. The van der Waals surface area contributed by atoms with Crippen LogP contribution in [0, 0.1) is 12.3 Å². The molecule has 0 radical (unpaired) electrons. The summed E-state index contributed by atoms with van der Waals surface area (Å²) in [5.74, 6) is 1.10. The Morgan fingerprint density at radius 2 is 2.18 bits per heavy atom. The summed E-state index contributed by atoms with van der Waals surface area (Å²) in [6.45, 7) is 7.53. The van der Waals surface area contributed by atoms with Crippen molar-refractivity contribution >= 4 is 34.2 Å². The molecule has 4 heteroatoms. The average molecular weight is 269 g/mol. The molecule has 0 unspecified atom stereocenters. The molecule has 0 aliphatic carbocycles. The molecule has 1 aliphatic heterocycles. The van der Waals surface area contributed by atoms with E-state index in [1.165, 1.54) is 0 Å². The molecular formula is C13H17ClN2S. The first-order chi connectivity index (χ1) is 7.96. The Labute approximate surface area is 112 Å². The fraction of sp³-hybridized carbons (Fsp3) is 0.462. The monoisotopic (exact) mass is 268 g/mol. The zero-order chi connectivity index (χ0) is 12.5. The standard InChI is InChI=1S/C13H17ClN2S/c1-9-6-10(14)4-5-11(9)16-12-15-7-13(2,3)8-17-12/h4-6H,7-8H2,1-3H3,(H,15,16). The van der Waals surface area contributed by atoms with Crippen molar-refractivity contribution in [2.45, 2.75) is 20.8 Å². The normalized spacial score (nSPS) is 21.3. The van der Waals surface area contributed by atoms with Crippen molar-refractivity contribution in [3.05, 3.63) is 28.8 Å². The molecule has 1 N–H and O–H groups in total. The maximum absolute atomic E-state index is 5.93. The van der Waals surface area contributed by atoms with Crippen LogP contribution in [0.2, 0.25) is 5.02 Å². The van der Waals surface area contributed by atoms with E-state index in [9.17, 15) is 0 Å². The number of rotatable bonds is 1. The molecule has 17 heavy (non-hydrogen) atoms. The Balaban J connectivity index is 2.15. The van der Waals surface area contributed by atoms with Gasteiger partial charge in [-0.2, -0.15) is 0 Å². The van der Waals surface area contributed by atoms with Gasteiger partial charge in [0.2, 0.25) is 0 Å². The minimum absolute atomic E-state index is 0.346. The number of hydrogen-bond acceptors (Lipinski definition) is 2. The van der Waals surface area contributed by atoms with E-state index < -0.39 is 0 Å². The largest absolute Gasteiger partial charge is 0.364 e. The number of aliphatic imine (C=N–C) groups is 1. The number of nitrogens with one attached hydrogen (secondary N) is 1. The topological polar surface area (TPSA) is 24.4 Å². The Kier molecular flexibility index (Phi) is 3.69. The molecule has 1 saturated heterocycles. The van der Waals surface area contributed by atoms with Gasteiger partial charge >= 0.3 is 0 Å². The summed E-state index contributed by atoms with van der Waals surface area (Å²) in [4.78, 5) is 4.63. The van der Waals surface area contributed by atoms with Gasteiger partial charge in [0.25, 0.3) is 0 Å². The number of thioether (sulfide) groups is 1. The van der Waals surface area contributed by atoms with Gasteiger partial charge in [0, 0.05) is 17.3 Å². The zero-order valence-corrected chi connectivity index (χ0v) is 12.0. The number of nitrogens with zero attached hydrogens (tertiary/aromatic N) is 1. The van der Waals surface area contributed by atoms with E-state index in [1.807, 2.05) is 25.1 Å². The highest BCUT2D eigenvalue weighted by Crippen LogP contribution is 2.28. The molecule has 2 rings (SSSR count). The van der Waals surface area contributed by atoms with Crippen LogP contribution in [0.25, 0.3) is 0 Å². The summed E-state index contributed by atoms with van der Waals surface area (Å²) in [5, 5.41) is 5.15. The van der Waals surface area contributed by atoms with Gasteiger partial charge in [-0.05, 0) is 36.1 Å². The molecule has 0 bridgehead atoms. The van der Waals surface area contributed by atoms with Gasteiger partial charge in [-0.15, -0.1) is 0 Å². The highest BCUT2D eigenvalue weighted by molar-refractivity contribution is 8.13. The van der Waals surface area contributed by atoms with Crippen LogP contribution in [0.15, 0.2) is 23.2 Å². The lowest BCUT2D eigenvalue weighted by molar-refractivity contribution is 0.415. The molecule has 92 valence electrons. The smallest absolute Gasteiger partial charge is 0.161 e. The van der Waals surface area contributed by atoms with E-state index >= 15 is 0 Å². The second-order valence-electron chi connectivity index (χ2n) is 5.15. The lowest BCUT2D eigenvalue weighted by atomic mass is 9.96. The predicted octanol–water partition coefficient (Wildman–Crippen LogP) is 4.00. The van der Waals surface area contributed by atoms with E-state index in [0.29, 0.717) is 5.41 Å². The van der Waals surface area contributed by atoms with Crippen LogP contribution in [0.3, 0.4) is 0 Å². The summed E-state index contributed by atoms with van der Waals surface area (Å²) in [6.07, 6.45) is 0. The van der Waals surface area contributed by atoms with Crippen LogP contribution >= 0.6 is 23.4 Å². The zero-order valence-electron chi connectivity index (χ0n) is 10.4. The number of halogens is 1. The molecule has 1 aromatic carbocycles. The molecule has 0 amide bonds. The maximum Gasteiger partial charge on any atom is 0.161 e. The molecule has 0 spiro atoms. The van der Waals surface area contributed by atoms with Gasteiger partial charge in [-0.3, -0.25) is 0 Å². The van der Waals surface area contributed by atoms with Gasteiger partial charge in [-0.25, -0.2) is 4.99 Å². The molecular weight excluding hydrogens is 252 g/mol. The third-order valence-corrected chi connectivity index (χ3v) is 4.37. The van der Waals surface area contributed by atoms with Gasteiger partial charge < -0.3 is 5.32 Å². The van der Waals surface area contributed by atoms with Crippen molar-refractivity contribution in [2.75, 3.05) is 12.3 Å². The Bertz CT molecular complexity index is 443. The molecule has 1 aromatic rings. The molecule has 1 aliphatic rings. The summed E-state index contributed by atoms with van der Waals surface area (Å²) >= 11 is 7.71. The number of hydrogen-bond donors (Lipinski definition) is 1. The second kappa shape index (κ2) is 4.91. The molecule has 0 atom stereocenters. The van der Waals surface area contributed by atoms with Gasteiger partial charge in [0.05, 0.1) is 5.69 Å². The van der Waals surface area contributed by atoms with Gasteiger partial charge in [0.15, 0.2) is 5.17 Å². The van der Waals surface area contributed by atoms with Crippen LogP contribution in [0.4, 0.5) is 5.69 Å². The van der Waals surface area contributed by atoms with E-state index in [1.54, 1.807) is 11.8 Å². The Hall–Kier alpha value is -0.670. The van der Waals surface area contributed by atoms with E-state index in [4.69, 9.17) is 11.6 Å². The molecule has 0 saturated carbocycles. The second-order valence-corrected chi connectivity index (χ2v) is 6.55. The van der Waals surface area contributed by atoms with Crippen LogP contribution in [0.1, 0.15) is 19.4 Å². The van der Waals surface area contributed by atoms with Crippen molar-refractivity contribution in [3.8, 4) is 0 Å². The van der Waals surface area contributed by atoms with Crippen LogP contribution in [-0.2, 0) is 0 Å². The van der Waals surface area contributed by atoms with E-state index in [-0.39, 0.29) is 0 Å². The lowest BCUT2D eigenvalue weighted by Crippen LogP contribution is -2.39. The SMILES string of the molecule is Cc1cc(Cl)ccc1N=C1NCC(C)(C)CS1. The van der Waals surface area contributed by atoms with E-state index in [0.717, 1.165) is 33.7 Å². The van der Waals surface area contributed by atoms with Crippen molar-refractivity contribution in [1.82, 2.24) is 5.32 Å². The minimum atomic E-state index is 0.346. The maximum atomic E-state index is 5.93. The number of benzene rings is 1. The Morgan fingerprint density at radius 3 is 2.76 bits per heavy atom. The van der Waals surface area contributed by atoms with Crippen LogP contribution in [-0.4, -0.2) is 17.5 Å². The summed E-state index contributed by atoms with van der Waals surface area (Å²) in [5.41, 5.74) is 2.44. The number of amidine groups is 1. The number of aryl methyl sites for hydroxylation is 1. The fourth-order valence-corrected chi connectivity index (χ4v) is 2.80. The lowest BCUT2D eigenvalue weighted by Gasteiger charge is -2.30. The van der Waals surface area contributed by atoms with E-state index in [2.05, 4.69) is 24.2 Å². The molecule has 1 heterocycles. The molecule has 2 nitrogen and oxygen atoms in total. The first kappa shape index (κ1) is 12.8. The van der Waals surface area contributed by atoms with Crippen molar-refractivity contribution in [2.24, 2.45) is 10.4 Å². The van der Waals surface area contributed by atoms with Gasteiger partial charge in [0.1, 0.15) is 0 Å². The molecule has 1 fully saturated rings. The van der Waals surface area contributed by atoms with Crippen LogP contribution < -0.4 is 5.32 Å². The van der Waals surface area contributed by atoms with Crippen molar-refractivity contribution in [1.29, 1.82) is 0 Å². The summed E-state index contributed by atoms with van der Waals surface area (Å²) in [6, 6.07) is 5.79. The van der Waals surface area contributed by atoms with Crippen molar-refractivity contribution < 1.29 is 0 Å². The minimum Gasteiger partial charge on any atom is -0.364 e. The van der Waals surface area contributed by atoms with Crippen molar-refractivity contribution in [3.63, 3.8) is 0 Å². The highest BCUT2D eigenvalue weighted by Gasteiger charge is 2.24.